The molecule has 0 bridgehead atoms. The molecule has 22 heavy (non-hydrogen) atoms. The number of ether oxygens (including phenoxy) is 1. The fourth-order valence-corrected chi connectivity index (χ4v) is 2.62. The van der Waals surface area contributed by atoms with Crippen LogP contribution in [0.4, 0.5) is 5.69 Å². The van der Waals surface area contributed by atoms with E-state index in [-0.39, 0.29) is 5.91 Å². The lowest BCUT2D eigenvalue weighted by atomic mass is 10.1. The van der Waals surface area contributed by atoms with Crippen molar-refractivity contribution in [2.45, 2.75) is 26.5 Å². The molecule has 3 rings (SSSR count). The van der Waals surface area contributed by atoms with Crippen molar-refractivity contribution in [3.63, 3.8) is 0 Å². The first-order valence-electron chi connectivity index (χ1n) is 7.17. The molecule has 1 aliphatic rings. The molecule has 0 fully saturated rings. The second-order valence-electron chi connectivity index (χ2n) is 5.42. The summed E-state index contributed by atoms with van der Waals surface area (Å²) in [6, 6.07) is 15.3. The molecule has 2 aromatic carbocycles. The molecule has 4 heteroatoms. The van der Waals surface area contributed by atoms with E-state index in [1.807, 2.05) is 43.3 Å². The van der Waals surface area contributed by atoms with Crippen molar-refractivity contribution in [1.82, 2.24) is 0 Å². The van der Waals surface area contributed by atoms with Crippen LogP contribution in [0.1, 0.15) is 23.6 Å². The van der Waals surface area contributed by atoms with Crippen LogP contribution < -0.4 is 9.64 Å². The lowest BCUT2D eigenvalue weighted by Crippen LogP contribution is -2.44. The fraction of sp³-hybridized carbons (Fsp3) is 0.222. The summed E-state index contributed by atoms with van der Waals surface area (Å²) in [4.78, 5) is 14.2. The van der Waals surface area contributed by atoms with Gasteiger partial charge in [-0.3, -0.25) is 4.79 Å². The second kappa shape index (κ2) is 5.53. The predicted molar refractivity (Wildman–Crippen MR) is 83.6 cm³/mol. The number of aryl methyl sites for hydroxylation is 1. The zero-order chi connectivity index (χ0) is 15.7. The maximum absolute atomic E-state index is 12.5. The van der Waals surface area contributed by atoms with Crippen LogP contribution in [-0.2, 0) is 11.3 Å². The number of nitrogens with zero attached hydrogens (tertiary/aromatic N) is 2. The van der Waals surface area contributed by atoms with Crippen LogP contribution >= 0.6 is 0 Å². The largest absolute Gasteiger partial charge is 0.479 e. The van der Waals surface area contributed by atoms with Gasteiger partial charge in [0.25, 0.3) is 5.91 Å². The van der Waals surface area contributed by atoms with E-state index in [0.717, 1.165) is 16.8 Å². The molecule has 1 atom stereocenters. The third-order valence-corrected chi connectivity index (χ3v) is 3.79. The molecule has 1 amide bonds. The summed E-state index contributed by atoms with van der Waals surface area (Å²) in [7, 11) is 0. The Bertz CT molecular complexity index is 777. The van der Waals surface area contributed by atoms with Crippen molar-refractivity contribution in [1.29, 1.82) is 5.26 Å². The molecule has 0 aliphatic carbocycles. The minimum absolute atomic E-state index is 0.0918. The van der Waals surface area contributed by atoms with Gasteiger partial charge in [-0.05, 0) is 43.2 Å². The van der Waals surface area contributed by atoms with Crippen molar-refractivity contribution in [2.24, 2.45) is 0 Å². The number of amides is 1. The van der Waals surface area contributed by atoms with Crippen molar-refractivity contribution in [3.05, 3.63) is 59.2 Å². The highest BCUT2D eigenvalue weighted by Gasteiger charge is 2.31. The number of carbonyl (C=O) groups excluding carboxylic acids is 1. The highest BCUT2D eigenvalue weighted by atomic mass is 16.5. The molecule has 1 aliphatic heterocycles. The Morgan fingerprint density at radius 3 is 2.82 bits per heavy atom. The van der Waals surface area contributed by atoms with E-state index in [9.17, 15) is 10.1 Å². The van der Waals surface area contributed by atoms with E-state index in [1.165, 1.54) is 0 Å². The van der Waals surface area contributed by atoms with Crippen LogP contribution in [0.3, 0.4) is 0 Å². The summed E-state index contributed by atoms with van der Waals surface area (Å²) < 4.78 is 5.67. The number of hydrogen-bond donors (Lipinski definition) is 0. The minimum Gasteiger partial charge on any atom is -0.479 e. The first-order chi connectivity index (χ1) is 10.6. The highest BCUT2D eigenvalue weighted by Crippen LogP contribution is 2.36. The van der Waals surface area contributed by atoms with E-state index >= 15 is 0 Å². The zero-order valence-electron chi connectivity index (χ0n) is 12.5. The third kappa shape index (κ3) is 2.42. The highest BCUT2D eigenvalue weighted by molar-refractivity contribution is 5.99. The van der Waals surface area contributed by atoms with Crippen molar-refractivity contribution < 1.29 is 9.53 Å². The zero-order valence-corrected chi connectivity index (χ0v) is 12.5. The number of nitriles is 1. The van der Waals surface area contributed by atoms with Gasteiger partial charge in [0.1, 0.15) is 5.75 Å². The summed E-state index contributed by atoms with van der Waals surface area (Å²) in [5.74, 6) is 0.609. The van der Waals surface area contributed by atoms with Gasteiger partial charge in [-0.2, -0.15) is 5.26 Å². The van der Waals surface area contributed by atoms with Gasteiger partial charge in [0.05, 0.1) is 23.9 Å². The molecule has 0 saturated heterocycles. The van der Waals surface area contributed by atoms with Gasteiger partial charge in [-0.15, -0.1) is 0 Å². The van der Waals surface area contributed by atoms with E-state index in [2.05, 4.69) is 6.07 Å². The number of rotatable bonds is 2. The van der Waals surface area contributed by atoms with Gasteiger partial charge < -0.3 is 9.64 Å². The Morgan fingerprint density at radius 1 is 1.27 bits per heavy atom. The minimum atomic E-state index is -0.524. The summed E-state index contributed by atoms with van der Waals surface area (Å²) in [5, 5.41) is 9.23. The number of fused-ring (bicyclic) bond motifs is 1. The van der Waals surface area contributed by atoms with Crippen molar-refractivity contribution in [3.8, 4) is 11.8 Å². The van der Waals surface area contributed by atoms with Crippen molar-refractivity contribution >= 4 is 11.6 Å². The number of benzene rings is 2. The van der Waals surface area contributed by atoms with Crippen LogP contribution in [0.15, 0.2) is 42.5 Å². The Kier molecular flexibility index (Phi) is 3.56. The van der Waals surface area contributed by atoms with Gasteiger partial charge in [0, 0.05) is 0 Å². The average molecular weight is 292 g/mol. The lowest BCUT2D eigenvalue weighted by Gasteiger charge is -2.33. The van der Waals surface area contributed by atoms with E-state index < -0.39 is 6.10 Å². The number of anilines is 1. The summed E-state index contributed by atoms with van der Waals surface area (Å²) in [6.45, 7) is 4.09. The topological polar surface area (TPSA) is 53.3 Å². The molecule has 1 heterocycles. The molecule has 2 aromatic rings. The Labute approximate surface area is 129 Å². The van der Waals surface area contributed by atoms with Gasteiger partial charge in [-0.1, -0.05) is 24.3 Å². The quantitative estimate of drug-likeness (QED) is 0.854. The molecule has 0 N–H and O–H groups in total. The van der Waals surface area contributed by atoms with Crippen LogP contribution in [0, 0.1) is 18.3 Å². The molecular formula is C18H16N2O2. The van der Waals surface area contributed by atoms with Gasteiger partial charge in [-0.25, -0.2) is 0 Å². The Morgan fingerprint density at radius 2 is 2.05 bits per heavy atom. The lowest BCUT2D eigenvalue weighted by molar-refractivity contribution is -0.125. The summed E-state index contributed by atoms with van der Waals surface area (Å²) >= 11 is 0. The maximum Gasteiger partial charge on any atom is 0.268 e. The van der Waals surface area contributed by atoms with E-state index in [4.69, 9.17) is 4.74 Å². The third-order valence-electron chi connectivity index (χ3n) is 3.79. The number of carbonyl (C=O) groups is 1. The molecular weight excluding hydrogens is 276 g/mol. The molecule has 1 unspecified atom stereocenters. The fourth-order valence-electron chi connectivity index (χ4n) is 2.62. The maximum atomic E-state index is 12.5. The molecule has 0 spiro atoms. The molecule has 0 radical (unpaired) electrons. The SMILES string of the molecule is Cc1ccc2c(c1)N(Cc1ccccc1C#N)C(=O)C(C)O2. The van der Waals surface area contributed by atoms with E-state index in [1.54, 1.807) is 17.9 Å². The Balaban J connectivity index is 2.04. The first-order valence-corrected chi connectivity index (χ1v) is 7.17. The smallest absolute Gasteiger partial charge is 0.268 e. The monoisotopic (exact) mass is 292 g/mol. The predicted octanol–water partition coefficient (Wildman–Crippen LogP) is 3.18. The molecule has 4 nitrogen and oxygen atoms in total. The molecule has 110 valence electrons. The summed E-state index contributed by atoms with van der Waals surface area (Å²) in [5.41, 5.74) is 3.24. The second-order valence-corrected chi connectivity index (χ2v) is 5.42. The van der Waals surface area contributed by atoms with Crippen molar-refractivity contribution in [2.75, 3.05) is 4.90 Å². The normalized spacial score (nSPS) is 16.7. The van der Waals surface area contributed by atoms with Gasteiger partial charge in [0.2, 0.25) is 0 Å². The van der Waals surface area contributed by atoms with Crippen LogP contribution in [0.2, 0.25) is 0 Å². The van der Waals surface area contributed by atoms with E-state index in [0.29, 0.717) is 17.9 Å². The van der Waals surface area contributed by atoms with Crippen LogP contribution in [-0.4, -0.2) is 12.0 Å². The van der Waals surface area contributed by atoms with Gasteiger partial charge >= 0.3 is 0 Å². The Hall–Kier alpha value is -2.80. The van der Waals surface area contributed by atoms with Gasteiger partial charge in [0.15, 0.2) is 6.10 Å². The number of hydrogen-bond acceptors (Lipinski definition) is 3. The standard InChI is InChI=1S/C18H16N2O2/c1-12-7-8-17-16(9-12)20(18(21)13(2)22-17)11-15-6-4-3-5-14(15)10-19/h3-9,13H,11H2,1-2H3. The first kappa shape index (κ1) is 14.2. The average Bonchev–Trinajstić information content (AvgIpc) is 2.53. The van der Waals surface area contributed by atoms with Crippen LogP contribution in [0.25, 0.3) is 0 Å². The molecule has 0 saturated carbocycles. The summed E-state index contributed by atoms with van der Waals surface area (Å²) in [6.07, 6.45) is -0.524. The molecule has 0 aromatic heterocycles. The van der Waals surface area contributed by atoms with Crippen LogP contribution in [0.5, 0.6) is 5.75 Å².